The molecule has 29 heavy (non-hydrogen) atoms. The van der Waals surface area contributed by atoms with E-state index < -0.39 is 0 Å². The van der Waals surface area contributed by atoms with Gasteiger partial charge in [0.05, 0.1) is 11.4 Å². The zero-order chi connectivity index (χ0) is 20.4. The van der Waals surface area contributed by atoms with Crippen LogP contribution in [0.25, 0.3) is 0 Å². The van der Waals surface area contributed by atoms with Crippen LogP contribution in [0.4, 0.5) is 25.8 Å². The Morgan fingerprint density at radius 3 is 2.48 bits per heavy atom. The van der Waals surface area contributed by atoms with Gasteiger partial charge >= 0.3 is 0 Å². The van der Waals surface area contributed by atoms with Gasteiger partial charge < -0.3 is 14.7 Å². The molecule has 1 atom stereocenters. The highest BCUT2D eigenvalue weighted by Crippen LogP contribution is 2.38. The van der Waals surface area contributed by atoms with Gasteiger partial charge in [-0.05, 0) is 68.8 Å². The average Bonchev–Trinajstić information content (AvgIpc) is 2.73. The van der Waals surface area contributed by atoms with Gasteiger partial charge in [-0.1, -0.05) is 6.42 Å². The highest BCUT2D eigenvalue weighted by molar-refractivity contribution is 5.99. The van der Waals surface area contributed by atoms with Crippen LogP contribution in [0.15, 0.2) is 42.5 Å². The summed E-state index contributed by atoms with van der Waals surface area (Å²) in [7, 11) is 0. The molecule has 1 amide bonds. The fourth-order valence-electron chi connectivity index (χ4n) is 4.39. The van der Waals surface area contributed by atoms with Crippen LogP contribution in [-0.4, -0.2) is 43.0 Å². The second kappa shape index (κ2) is 8.49. The number of halogens is 2. The summed E-state index contributed by atoms with van der Waals surface area (Å²) >= 11 is 0. The molecule has 0 spiro atoms. The summed E-state index contributed by atoms with van der Waals surface area (Å²) in [5.74, 6) is -0.601. The first-order valence-electron chi connectivity index (χ1n) is 10.4. The van der Waals surface area contributed by atoms with Crippen molar-refractivity contribution in [1.29, 1.82) is 0 Å². The van der Waals surface area contributed by atoms with Crippen molar-refractivity contribution in [3.05, 3.63) is 54.1 Å². The molecule has 0 radical (unpaired) electrons. The Hall–Kier alpha value is -2.47. The molecular formula is C23H27F2N3O. The number of hydrogen-bond donors (Lipinski definition) is 0. The lowest BCUT2D eigenvalue weighted by Crippen LogP contribution is -2.45. The second-order valence-electron chi connectivity index (χ2n) is 7.94. The number of benzene rings is 2. The number of piperidine rings is 1. The topological polar surface area (TPSA) is 26.8 Å². The number of likely N-dealkylation sites (tertiary alicyclic amines) is 1. The fraction of sp³-hybridized carbons (Fsp3) is 0.435. The van der Waals surface area contributed by atoms with Crippen molar-refractivity contribution in [3.63, 3.8) is 0 Å². The van der Waals surface area contributed by atoms with Crippen molar-refractivity contribution in [1.82, 2.24) is 4.90 Å². The minimum absolute atomic E-state index is 0.0642. The Morgan fingerprint density at radius 2 is 1.72 bits per heavy atom. The molecule has 2 aromatic rings. The van der Waals surface area contributed by atoms with Crippen LogP contribution in [0.3, 0.4) is 0 Å². The van der Waals surface area contributed by atoms with Gasteiger partial charge in [0.15, 0.2) is 0 Å². The van der Waals surface area contributed by atoms with E-state index in [2.05, 4.69) is 11.8 Å². The smallest absolute Gasteiger partial charge is 0.228 e. The molecule has 4 nitrogen and oxygen atoms in total. The molecule has 2 heterocycles. The Balaban J connectivity index is 1.53. The summed E-state index contributed by atoms with van der Waals surface area (Å²) in [4.78, 5) is 19.1. The van der Waals surface area contributed by atoms with E-state index in [9.17, 15) is 13.6 Å². The molecule has 0 aromatic heterocycles. The van der Waals surface area contributed by atoms with Gasteiger partial charge in [-0.15, -0.1) is 0 Å². The maximum atomic E-state index is 14.0. The standard InChI is InChI=1S/C23H27F2N3O/c1-17-4-2-3-12-26(17)13-11-23(29)28-15-14-27(20-8-5-18(24)6-9-20)22-16-19(25)7-10-21(22)28/h5-10,16-17H,2-4,11-15H2,1H3/t17-/m1/s1. The lowest BCUT2D eigenvalue weighted by atomic mass is 10.0. The number of carbonyl (C=O) groups is 1. The van der Waals surface area contributed by atoms with Gasteiger partial charge in [0.1, 0.15) is 11.6 Å². The van der Waals surface area contributed by atoms with Gasteiger partial charge in [-0.3, -0.25) is 4.79 Å². The molecule has 0 unspecified atom stereocenters. The van der Waals surface area contributed by atoms with Gasteiger partial charge in [0.2, 0.25) is 5.91 Å². The number of anilines is 3. The number of carbonyl (C=O) groups excluding carboxylic acids is 1. The van der Waals surface area contributed by atoms with Crippen LogP contribution in [0.1, 0.15) is 32.6 Å². The van der Waals surface area contributed by atoms with E-state index in [-0.39, 0.29) is 17.5 Å². The van der Waals surface area contributed by atoms with Crippen LogP contribution in [0.2, 0.25) is 0 Å². The minimum Gasteiger partial charge on any atom is -0.338 e. The maximum absolute atomic E-state index is 14.0. The summed E-state index contributed by atoms with van der Waals surface area (Å²) in [6.07, 6.45) is 4.09. The number of rotatable bonds is 4. The molecule has 0 bridgehead atoms. The molecule has 6 heteroatoms. The third-order valence-corrected chi connectivity index (χ3v) is 6.06. The third kappa shape index (κ3) is 4.27. The van der Waals surface area contributed by atoms with Crippen molar-refractivity contribution in [2.45, 2.75) is 38.6 Å². The highest BCUT2D eigenvalue weighted by Gasteiger charge is 2.29. The predicted molar refractivity (Wildman–Crippen MR) is 112 cm³/mol. The molecule has 2 aliphatic heterocycles. The van der Waals surface area contributed by atoms with Crippen molar-refractivity contribution in [2.75, 3.05) is 36.0 Å². The summed E-state index contributed by atoms with van der Waals surface area (Å²) in [6.45, 7) is 5.09. The molecule has 154 valence electrons. The summed E-state index contributed by atoms with van der Waals surface area (Å²) in [5, 5.41) is 0. The van der Waals surface area contributed by atoms with Gasteiger partial charge in [-0.25, -0.2) is 8.78 Å². The largest absolute Gasteiger partial charge is 0.338 e. The SMILES string of the molecule is C[C@@H]1CCCCN1CCC(=O)N1CCN(c2ccc(F)cc2)c2cc(F)ccc21. The lowest BCUT2D eigenvalue weighted by Gasteiger charge is -2.38. The zero-order valence-corrected chi connectivity index (χ0v) is 16.8. The number of amides is 1. The first kappa shape index (κ1) is 19.8. The monoisotopic (exact) mass is 399 g/mol. The van der Waals surface area contributed by atoms with Crippen molar-refractivity contribution >= 4 is 23.0 Å². The average molecular weight is 399 g/mol. The Kier molecular flexibility index (Phi) is 5.81. The quantitative estimate of drug-likeness (QED) is 0.745. The Bertz CT molecular complexity index is 871. The molecular weight excluding hydrogens is 372 g/mol. The molecule has 2 aliphatic rings. The summed E-state index contributed by atoms with van der Waals surface area (Å²) < 4.78 is 27.3. The summed E-state index contributed by atoms with van der Waals surface area (Å²) in [5.41, 5.74) is 2.13. The Labute approximate surface area is 170 Å². The maximum Gasteiger partial charge on any atom is 0.228 e. The van der Waals surface area contributed by atoms with Crippen molar-refractivity contribution in [2.24, 2.45) is 0 Å². The molecule has 2 aromatic carbocycles. The van der Waals surface area contributed by atoms with Gasteiger partial charge in [0.25, 0.3) is 0 Å². The van der Waals surface area contributed by atoms with Crippen LogP contribution < -0.4 is 9.80 Å². The molecule has 0 N–H and O–H groups in total. The van der Waals surface area contributed by atoms with E-state index in [1.165, 1.54) is 43.5 Å². The van der Waals surface area contributed by atoms with E-state index in [1.807, 2.05) is 4.90 Å². The Morgan fingerprint density at radius 1 is 0.966 bits per heavy atom. The molecule has 1 saturated heterocycles. The van der Waals surface area contributed by atoms with Crippen LogP contribution in [-0.2, 0) is 4.79 Å². The van der Waals surface area contributed by atoms with E-state index >= 15 is 0 Å². The van der Waals surface area contributed by atoms with E-state index in [0.717, 1.165) is 18.8 Å². The van der Waals surface area contributed by atoms with Crippen LogP contribution in [0, 0.1) is 11.6 Å². The number of nitrogens with zero attached hydrogens (tertiary/aromatic N) is 3. The lowest BCUT2D eigenvalue weighted by molar-refractivity contribution is -0.119. The molecule has 0 saturated carbocycles. The van der Waals surface area contributed by atoms with Gasteiger partial charge in [-0.2, -0.15) is 0 Å². The highest BCUT2D eigenvalue weighted by atomic mass is 19.1. The van der Waals surface area contributed by atoms with Crippen molar-refractivity contribution < 1.29 is 13.6 Å². The molecule has 0 aliphatic carbocycles. The normalized spacial score (nSPS) is 19.9. The summed E-state index contributed by atoms with van der Waals surface area (Å²) in [6, 6.07) is 11.2. The number of fused-ring (bicyclic) bond motifs is 1. The molecule has 1 fully saturated rings. The first-order chi connectivity index (χ1) is 14.0. The van der Waals surface area contributed by atoms with E-state index in [4.69, 9.17) is 0 Å². The van der Waals surface area contributed by atoms with Gasteiger partial charge in [0, 0.05) is 37.8 Å². The van der Waals surface area contributed by atoms with Crippen LogP contribution in [0.5, 0.6) is 0 Å². The molecule has 4 rings (SSSR count). The minimum atomic E-state index is -0.354. The van der Waals surface area contributed by atoms with E-state index in [0.29, 0.717) is 36.9 Å². The van der Waals surface area contributed by atoms with E-state index in [1.54, 1.807) is 23.1 Å². The zero-order valence-electron chi connectivity index (χ0n) is 16.8. The predicted octanol–water partition coefficient (Wildman–Crippen LogP) is 4.71. The number of hydrogen-bond acceptors (Lipinski definition) is 3. The third-order valence-electron chi connectivity index (χ3n) is 6.06. The fourth-order valence-corrected chi connectivity index (χ4v) is 4.39. The first-order valence-corrected chi connectivity index (χ1v) is 10.4. The van der Waals surface area contributed by atoms with Crippen LogP contribution >= 0.6 is 0 Å². The van der Waals surface area contributed by atoms with Crippen molar-refractivity contribution in [3.8, 4) is 0 Å². The second-order valence-corrected chi connectivity index (χ2v) is 7.94.